The normalized spacial score (nSPS) is 18.2. The number of ether oxygens (including phenoxy) is 2. The number of halogens is 1. The van der Waals surface area contributed by atoms with Gasteiger partial charge in [-0.25, -0.2) is 4.39 Å². The number of hydrogen-bond donors (Lipinski definition) is 1. The standard InChI is InChI=1S/C34H34FN3O3/c1-20-14-22(19-41-26-10-6-23(35)7-11-26)21(2)27(15-20)31-28(18-36)33(37)38(24-8-12-25(40-5)13-9-24)29-16-34(3,4)17-30(39)32(29)31/h6-15,31H,16-17,19,37H2,1-5H3. The van der Waals surface area contributed by atoms with Crippen LogP contribution >= 0.6 is 0 Å². The molecule has 2 aliphatic rings. The molecule has 1 aliphatic heterocycles. The van der Waals surface area contributed by atoms with E-state index in [-0.39, 0.29) is 23.6 Å². The molecule has 6 nitrogen and oxygen atoms in total. The lowest BCUT2D eigenvalue weighted by molar-refractivity contribution is -0.118. The van der Waals surface area contributed by atoms with Crippen LogP contribution in [0.5, 0.6) is 11.5 Å². The molecule has 0 saturated carbocycles. The van der Waals surface area contributed by atoms with E-state index in [0.717, 1.165) is 33.6 Å². The molecule has 3 aromatic carbocycles. The Kier molecular flexibility index (Phi) is 7.35. The van der Waals surface area contributed by atoms with Crippen LogP contribution in [0.3, 0.4) is 0 Å². The van der Waals surface area contributed by atoms with Crippen molar-refractivity contribution in [2.75, 3.05) is 12.0 Å². The number of methoxy groups -OCH3 is 1. The van der Waals surface area contributed by atoms with Crippen molar-refractivity contribution >= 4 is 11.5 Å². The number of aryl methyl sites for hydroxylation is 1. The first kappa shape index (κ1) is 28.0. The Morgan fingerprint density at radius 3 is 2.34 bits per heavy atom. The van der Waals surface area contributed by atoms with Crippen LogP contribution in [0.25, 0.3) is 0 Å². The Hall–Kier alpha value is -4.57. The highest BCUT2D eigenvalue weighted by atomic mass is 19.1. The van der Waals surface area contributed by atoms with Gasteiger partial charge in [0.1, 0.15) is 29.7 Å². The van der Waals surface area contributed by atoms with Crippen LogP contribution < -0.4 is 20.1 Å². The van der Waals surface area contributed by atoms with Crippen molar-refractivity contribution in [2.24, 2.45) is 11.1 Å². The van der Waals surface area contributed by atoms with Gasteiger partial charge in [-0.15, -0.1) is 0 Å². The number of rotatable bonds is 6. The van der Waals surface area contributed by atoms with Crippen molar-refractivity contribution < 1.29 is 18.7 Å². The van der Waals surface area contributed by atoms with E-state index in [1.807, 2.05) is 55.1 Å². The number of allylic oxidation sites excluding steroid dienone is 3. The molecule has 0 fully saturated rings. The summed E-state index contributed by atoms with van der Waals surface area (Å²) >= 11 is 0. The summed E-state index contributed by atoms with van der Waals surface area (Å²) in [6.45, 7) is 8.38. The number of nitriles is 1. The van der Waals surface area contributed by atoms with Gasteiger partial charge in [-0.2, -0.15) is 5.26 Å². The van der Waals surface area contributed by atoms with Gasteiger partial charge < -0.3 is 15.2 Å². The third-order valence-corrected chi connectivity index (χ3v) is 7.93. The van der Waals surface area contributed by atoms with Gasteiger partial charge in [-0.05, 0) is 90.9 Å². The van der Waals surface area contributed by atoms with Crippen LogP contribution in [-0.4, -0.2) is 12.9 Å². The minimum atomic E-state index is -0.599. The first-order valence-corrected chi connectivity index (χ1v) is 13.6. The first-order valence-electron chi connectivity index (χ1n) is 13.6. The van der Waals surface area contributed by atoms with Gasteiger partial charge in [0, 0.05) is 23.4 Å². The van der Waals surface area contributed by atoms with Gasteiger partial charge in [0.15, 0.2) is 5.78 Å². The zero-order valence-corrected chi connectivity index (χ0v) is 24.0. The summed E-state index contributed by atoms with van der Waals surface area (Å²) in [6.07, 6.45) is 1.00. The van der Waals surface area contributed by atoms with E-state index in [9.17, 15) is 14.4 Å². The molecule has 0 radical (unpaired) electrons. The van der Waals surface area contributed by atoms with Crippen LogP contribution in [0.4, 0.5) is 10.1 Å². The lowest BCUT2D eigenvalue weighted by Crippen LogP contribution is -2.42. The zero-order valence-electron chi connectivity index (χ0n) is 24.0. The summed E-state index contributed by atoms with van der Waals surface area (Å²) in [6, 6.07) is 19.8. The van der Waals surface area contributed by atoms with E-state index < -0.39 is 5.92 Å². The number of nitrogens with zero attached hydrogens (tertiary/aromatic N) is 2. The van der Waals surface area contributed by atoms with Gasteiger partial charge in [0.2, 0.25) is 0 Å². The number of ketones is 1. The molecule has 1 atom stereocenters. The number of carbonyl (C=O) groups excluding carboxylic acids is 1. The molecule has 41 heavy (non-hydrogen) atoms. The molecule has 0 spiro atoms. The predicted octanol–water partition coefficient (Wildman–Crippen LogP) is 6.97. The highest BCUT2D eigenvalue weighted by Gasteiger charge is 2.45. The monoisotopic (exact) mass is 551 g/mol. The molecule has 1 heterocycles. The summed E-state index contributed by atoms with van der Waals surface area (Å²) in [5.74, 6) is 0.662. The Labute approximate surface area is 240 Å². The zero-order chi connectivity index (χ0) is 29.5. The number of Topliss-reactive ketones (excluding diaryl/α,β-unsaturated/α-hetero) is 1. The molecule has 210 valence electrons. The van der Waals surface area contributed by atoms with E-state index in [1.54, 1.807) is 19.2 Å². The summed E-state index contributed by atoms with van der Waals surface area (Å²) in [5.41, 5.74) is 12.8. The lowest BCUT2D eigenvalue weighted by Gasteiger charge is -2.44. The third-order valence-electron chi connectivity index (χ3n) is 7.93. The smallest absolute Gasteiger partial charge is 0.162 e. The first-order chi connectivity index (χ1) is 19.5. The van der Waals surface area contributed by atoms with Crippen LogP contribution in [0.2, 0.25) is 0 Å². The average Bonchev–Trinajstić information content (AvgIpc) is 2.93. The number of hydrogen-bond acceptors (Lipinski definition) is 6. The minimum Gasteiger partial charge on any atom is -0.497 e. The molecule has 0 amide bonds. The maximum absolute atomic E-state index is 14.0. The Morgan fingerprint density at radius 2 is 1.71 bits per heavy atom. The molecular weight excluding hydrogens is 517 g/mol. The largest absolute Gasteiger partial charge is 0.497 e. The van der Waals surface area contributed by atoms with Crippen molar-refractivity contribution in [2.45, 2.75) is 53.1 Å². The highest BCUT2D eigenvalue weighted by Crippen LogP contribution is 2.51. The van der Waals surface area contributed by atoms with Gasteiger partial charge in [-0.1, -0.05) is 31.5 Å². The summed E-state index contributed by atoms with van der Waals surface area (Å²) in [7, 11) is 1.61. The summed E-state index contributed by atoms with van der Waals surface area (Å²) in [5, 5.41) is 10.5. The van der Waals surface area contributed by atoms with Crippen molar-refractivity contribution in [1.29, 1.82) is 5.26 Å². The van der Waals surface area contributed by atoms with Gasteiger partial charge >= 0.3 is 0 Å². The molecular formula is C34H34FN3O3. The number of anilines is 1. The molecule has 1 unspecified atom stereocenters. The highest BCUT2D eigenvalue weighted by molar-refractivity contribution is 6.01. The Morgan fingerprint density at radius 1 is 1.05 bits per heavy atom. The van der Waals surface area contributed by atoms with E-state index in [0.29, 0.717) is 41.3 Å². The van der Waals surface area contributed by atoms with Crippen molar-refractivity contribution in [3.05, 3.63) is 111 Å². The van der Waals surface area contributed by atoms with Crippen molar-refractivity contribution in [3.63, 3.8) is 0 Å². The van der Waals surface area contributed by atoms with E-state index >= 15 is 0 Å². The molecule has 0 aromatic heterocycles. The van der Waals surface area contributed by atoms with Gasteiger partial charge in [0.05, 0.1) is 24.7 Å². The minimum absolute atomic E-state index is 0.0185. The van der Waals surface area contributed by atoms with Crippen LogP contribution in [-0.2, 0) is 11.4 Å². The average molecular weight is 552 g/mol. The topological polar surface area (TPSA) is 88.6 Å². The van der Waals surface area contributed by atoms with Crippen LogP contribution in [0, 0.1) is 36.4 Å². The SMILES string of the molecule is COc1ccc(N2C(N)=C(C#N)C(c3cc(C)cc(COc4ccc(F)cc4)c3C)C3=C2CC(C)(C)CC3=O)cc1. The lowest BCUT2D eigenvalue weighted by atomic mass is 9.68. The second kappa shape index (κ2) is 10.8. The molecule has 5 rings (SSSR count). The maximum atomic E-state index is 14.0. The van der Waals surface area contributed by atoms with E-state index in [4.69, 9.17) is 15.2 Å². The molecule has 0 saturated heterocycles. The van der Waals surface area contributed by atoms with Crippen LogP contribution in [0.1, 0.15) is 54.9 Å². The molecule has 7 heteroatoms. The van der Waals surface area contributed by atoms with Gasteiger partial charge in [-0.3, -0.25) is 9.69 Å². The maximum Gasteiger partial charge on any atom is 0.162 e. The van der Waals surface area contributed by atoms with Crippen LogP contribution in [0.15, 0.2) is 83.3 Å². The number of nitrogens with two attached hydrogens (primary N) is 1. The van der Waals surface area contributed by atoms with E-state index in [2.05, 4.69) is 19.9 Å². The fourth-order valence-corrected chi connectivity index (χ4v) is 5.95. The Balaban J connectivity index is 1.65. The summed E-state index contributed by atoms with van der Waals surface area (Å²) in [4.78, 5) is 15.8. The molecule has 0 bridgehead atoms. The van der Waals surface area contributed by atoms with Crippen molar-refractivity contribution in [3.8, 4) is 17.6 Å². The third kappa shape index (κ3) is 5.30. The van der Waals surface area contributed by atoms with E-state index in [1.165, 1.54) is 12.1 Å². The van der Waals surface area contributed by atoms with Crippen molar-refractivity contribution in [1.82, 2.24) is 0 Å². The molecule has 2 N–H and O–H groups in total. The number of carbonyl (C=O) groups is 1. The molecule has 3 aromatic rings. The summed E-state index contributed by atoms with van der Waals surface area (Å²) < 4.78 is 24.7. The second-order valence-electron chi connectivity index (χ2n) is 11.6. The second-order valence-corrected chi connectivity index (χ2v) is 11.6. The fraction of sp³-hybridized carbons (Fsp3) is 0.294. The molecule has 1 aliphatic carbocycles. The predicted molar refractivity (Wildman–Crippen MR) is 157 cm³/mol. The number of benzene rings is 3. The Bertz CT molecular complexity index is 1610. The fourth-order valence-electron chi connectivity index (χ4n) is 5.95. The quantitative estimate of drug-likeness (QED) is 0.356. The van der Waals surface area contributed by atoms with Gasteiger partial charge in [0.25, 0.3) is 0 Å².